The first-order valence-electron chi connectivity index (χ1n) is 7.82. The molecule has 1 aliphatic heterocycles. The van der Waals surface area contributed by atoms with Crippen molar-refractivity contribution in [1.29, 1.82) is 0 Å². The number of thiazole rings is 1. The number of aromatic amines is 1. The van der Waals surface area contributed by atoms with Gasteiger partial charge in [-0.3, -0.25) is 23.9 Å². The Morgan fingerprint density at radius 2 is 2.27 bits per heavy atom. The quantitative estimate of drug-likeness (QED) is 0.588. The van der Waals surface area contributed by atoms with Crippen molar-refractivity contribution in [3.05, 3.63) is 20.0 Å². The number of esters is 1. The van der Waals surface area contributed by atoms with Crippen molar-refractivity contribution in [3.63, 3.8) is 0 Å². The van der Waals surface area contributed by atoms with Crippen molar-refractivity contribution in [2.75, 3.05) is 12.8 Å². The van der Waals surface area contributed by atoms with Gasteiger partial charge in [0.1, 0.15) is 10.1 Å². The molecule has 0 bridgehead atoms. The molecule has 3 heterocycles. The molecule has 0 unspecified atom stereocenters. The van der Waals surface area contributed by atoms with Gasteiger partial charge in [0, 0.05) is 0 Å². The third-order valence-corrected chi connectivity index (χ3v) is 6.36. The zero-order chi connectivity index (χ0) is 19.0. The number of anilines is 1. The number of methoxy groups -OCH3 is 1. The van der Waals surface area contributed by atoms with Gasteiger partial charge in [0.15, 0.2) is 11.9 Å². The molecule has 2 aromatic rings. The molecule has 1 fully saturated rings. The Balaban J connectivity index is 2.08. The van der Waals surface area contributed by atoms with Crippen molar-refractivity contribution in [3.8, 4) is 0 Å². The zero-order valence-electron chi connectivity index (χ0n) is 14.0. The maximum Gasteiger partial charge on any atom is 0.311 e. The summed E-state index contributed by atoms with van der Waals surface area (Å²) in [6, 6.07) is 0. The highest BCUT2D eigenvalue weighted by Crippen LogP contribution is 2.43. The minimum Gasteiger partial charge on any atom is -0.469 e. The number of fused-ring (bicyclic) bond motifs is 1. The molecule has 4 N–H and O–H groups in total. The molecular formula is C14H18N4O6S2. The molecule has 0 amide bonds. The summed E-state index contributed by atoms with van der Waals surface area (Å²) in [7, 11) is 1.27. The Hall–Kier alpha value is -1.89. The topological polar surface area (TPSA) is 150 Å². The van der Waals surface area contributed by atoms with Crippen LogP contribution in [0.25, 0.3) is 10.3 Å². The lowest BCUT2D eigenvalue weighted by Gasteiger charge is -2.18. The molecule has 12 heteroatoms. The van der Waals surface area contributed by atoms with E-state index in [1.807, 2.05) is 0 Å². The largest absolute Gasteiger partial charge is 0.469 e. The van der Waals surface area contributed by atoms with E-state index in [4.69, 9.17) is 15.2 Å². The van der Waals surface area contributed by atoms with Gasteiger partial charge in [0.25, 0.3) is 5.56 Å². The number of nitrogens with two attached hydrogens (primary N) is 1. The number of aromatic nitrogens is 3. The van der Waals surface area contributed by atoms with E-state index in [0.29, 0.717) is 6.42 Å². The average molecular weight is 402 g/mol. The lowest BCUT2D eigenvalue weighted by molar-refractivity contribution is -0.141. The highest BCUT2D eigenvalue weighted by molar-refractivity contribution is 8.00. The molecule has 0 spiro atoms. The van der Waals surface area contributed by atoms with Crippen LogP contribution in [0, 0.1) is 0 Å². The first kappa shape index (κ1) is 18.9. The summed E-state index contributed by atoms with van der Waals surface area (Å²) >= 11 is 1.97. The number of aliphatic hydroxyl groups excluding tert-OH is 1. The number of carbonyl (C=O) groups excluding carboxylic acids is 1. The monoisotopic (exact) mass is 402 g/mol. The SMILES string of the molecule is CC[C@H](O)[C@H]1O[C@@H](n2c(=O)sc3c(=O)[nH]c(N)nc32)[C@H](CC(=O)OC)S1. The van der Waals surface area contributed by atoms with Crippen LogP contribution in [0.15, 0.2) is 9.59 Å². The van der Waals surface area contributed by atoms with Gasteiger partial charge < -0.3 is 20.3 Å². The standard InChI is InChI=1S/C14H18N4O6S2/c1-3-5(19)12-24-11(6(25-12)4-7(20)23-2)18-9-8(26-14(18)22)10(21)17-13(15)16-9/h5-6,11-12,19H,3-4H2,1-2H3,(H3,15,16,17,21)/t5-,6-,11+,12-/m0/s1. The van der Waals surface area contributed by atoms with E-state index in [2.05, 4.69) is 9.97 Å². The number of nitrogen functional groups attached to an aromatic ring is 1. The molecule has 1 saturated heterocycles. The Kier molecular flexibility index (Phi) is 5.37. The van der Waals surface area contributed by atoms with Crippen LogP contribution in [-0.4, -0.2) is 49.5 Å². The van der Waals surface area contributed by atoms with Gasteiger partial charge in [0.05, 0.1) is 24.9 Å². The molecule has 142 valence electrons. The van der Waals surface area contributed by atoms with Crippen molar-refractivity contribution < 1.29 is 19.4 Å². The number of hydrogen-bond acceptors (Lipinski definition) is 10. The fourth-order valence-corrected chi connectivity index (χ4v) is 4.96. The minimum absolute atomic E-state index is 0.0266. The first-order chi connectivity index (χ1) is 12.3. The third-order valence-electron chi connectivity index (χ3n) is 3.97. The summed E-state index contributed by atoms with van der Waals surface area (Å²) in [6.07, 6.45) is -1.24. The first-order valence-corrected chi connectivity index (χ1v) is 9.58. The zero-order valence-corrected chi connectivity index (χ0v) is 15.6. The number of nitrogens with one attached hydrogen (secondary N) is 1. The van der Waals surface area contributed by atoms with Gasteiger partial charge in [-0.15, -0.1) is 11.8 Å². The van der Waals surface area contributed by atoms with Gasteiger partial charge >= 0.3 is 10.8 Å². The molecule has 0 aliphatic carbocycles. The molecule has 2 aromatic heterocycles. The molecular weight excluding hydrogens is 384 g/mol. The lowest BCUT2D eigenvalue weighted by Crippen LogP contribution is -2.29. The van der Waals surface area contributed by atoms with E-state index in [1.54, 1.807) is 6.92 Å². The van der Waals surface area contributed by atoms with Gasteiger partial charge in [-0.2, -0.15) is 4.98 Å². The maximum absolute atomic E-state index is 12.5. The highest BCUT2D eigenvalue weighted by atomic mass is 32.2. The second kappa shape index (κ2) is 7.39. The Bertz CT molecular complexity index is 938. The number of ether oxygens (including phenoxy) is 2. The molecule has 26 heavy (non-hydrogen) atoms. The van der Waals surface area contributed by atoms with E-state index in [-0.39, 0.29) is 22.7 Å². The van der Waals surface area contributed by atoms with Crippen LogP contribution in [-0.2, 0) is 14.3 Å². The van der Waals surface area contributed by atoms with Gasteiger partial charge in [-0.05, 0) is 6.42 Å². The van der Waals surface area contributed by atoms with Gasteiger partial charge in [-0.25, -0.2) is 0 Å². The van der Waals surface area contributed by atoms with E-state index < -0.39 is 39.4 Å². The predicted octanol–water partition coefficient (Wildman–Crippen LogP) is 0.0192. The number of aliphatic hydroxyl groups is 1. The molecule has 3 rings (SSSR count). The molecule has 0 radical (unpaired) electrons. The van der Waals surface area contributed by atoms with Crippen LogP contribution in [0.1, 0.15) is 26.0 Å². The molecule has 1 aliphatic rings. The van der Waals surface area contributed by atoms with E-state index in [1.165, 1.54) is 23.4 Å². The number of carbonyl (C=O) groups is 1. The van der Waals surface area contributed by atoms with Crippen LogP contribution in [0.3, 0.4) is 0 Å². The summed E-state index contributed by atoms with van der Waals surface area (Å²) < 4.78 is 11.9. The number of H-pyrrole nitrogens is 1. The smallest absolute Gasteiger partial charge is 0.311 e. The third kappa shape index (κ3) is 3.37. The summed E-state index contributed by atoms with van der Waals surface area (Å²) in [5.74, 6) is -0.602. The van der Waals surface area contributed by atoms with Crippen LogP contribution >= 0.6 is 23.1 Å². The van der Waals surface area contributed by atoms with E-state index >= 15 is 0 Å². The Morgan fingerprint density at radius 1 is 1.54 bits per heavy atom. The van der Waals surface area contributed by atoms with Crippen molar-refractivity contribution >= 4 is 45.4 Å². The van der Waals surface area contributed by atoms with E-state index in [9.17, 15) is 19.5 Å². The second-order valence-corrected chi connectivity index (χ2v) is 7.97. The molecule has 0 aromatic carbocycles. The summed E-state index contributed by atoms with van der Waals surface area (Å²) in [6.45, 7) is 1.80. The summed E-state index contributed by atoms with van der Waals surface area (Å²) in [4.78, 5) is 42.2. The lowest BCUT2D eigenvalue weighted by atomic mass is 10.2. The van der Waals surface area contributed by atoms with Crippen LogP contribution < -0.4 is 16.2 Å². The van der Waals surface area contributed by atoms with Crippen LogP contribution in [0.2, 0.25) is 0 Å². The van der Waals surface area contributed by atoms with E-state index in [0.717, 1.165) is 11.3 Å². The predicted molar refractivity (Wildman–Crippen MR) is 97.1 cm³/mol. The number of rotatable bonds is 5. The summed E-state index contributed by atoms with van der Waals surface area (Å²) in [5.41, 5.74) is 4.55. The van der Waals surface area contributed by atoms with Crippen LogP contribution in [0.5, 0.6) is 0 Å². The molecule has 4 atom stereocenters. The van der Waals surface area contributed by atoms with Crippen molar-refractivity contribution in [2.24, 2.45) is 0 Å². The number of thioether (sulfide) groups is 1. The van der Waals surface area contributed by atoms with Crippen LogP contribution in [0.4, 0.5) is 5.95 Å². The molecule has 10 nitrogen and oxygen atoms in total. The number of hydrogen-bond donors (Lipinski definition) is 3. The average Bonchev–Trinajstić information content (AvgIpc) is 3.14. The highest BCUT2D eigenvalue weighted by Gasteiger charge is 2.42. The van der Waals surface area contributed by atoms with Crippen molar-refractivity contribution in [1.82, 2.24) is 14.5 Å². The van der Waals surface area contributed by atoms with Gasteiger partial charge in [-0.1, -0.05) is 18.3 Å². The second-order valence-electron chi connectivity index (χ2n) is 5.67. The van der Waals surface area contributed by atoms with Crippen molar-refractivity contribution in [2.45, 2.75) is 42.8 Å². The van der Waals surface area contributed by atoms with Gasteiger partial charge in [0.2, 0.25) is 5.95 Å². The fraction of sp³-hybridized carbons (Fsp3) is 0.571. The minimum atomic E-state index is -0.889. The maximum atomic E-state index is 12.5. The Labute approximate surface area is 155 Å². The Morgan fingerprint density at radius 3 is 2.92 bits per heavy atom. The summed E-state index contributed by atoms with van der Waals surface area (Å²) in [5, 5.41) is 9.62. The molecule has 0 saturated carbocycles. The normalized spacial score (nSPS) is 24.0. The number of nitrogens with zero attached hydrogens (tertiary/aromatic N) is 2. The fourth-order valence-electron chi connectivity index (χ4n) is 2.66.